The van der Waals surface area contributed by atoms with Crippen LogP contribution in [0.3, 0.4) is 0 Å². The van der Waals surface area contributed by atoms with E-state index in [0.29, 0.717) is 19.6 Å². The Bertz CT molecular complexity index is 1400. The second-order valence-electron chi connectivity index (χ2n) is 11.5. The van der Waals surface area contributed by atoms with Gasteiger partial charge in [-0.3, -0.25) is 14.5 Å². The third-order valence-corrected chi connectivity index (χ3v) is 8.28. The molecule has 0 radical (unpaired) electrons. The Balaban J connectivity index is 1.35. The van der Waals surface area contributed by atoms with Gasteiger partial charge < -0.3 is 30.1 Å². The van der Waals surface area contributed by atoms with Crippen LogP contribution in [0.2, 0.25) is 0 Å². The number of rotatable bonds is 11. The van der Waals surface area contributed by atoms with E-state index in [1.54, 1.807) is 0 Å². The molecule has 9 nitrogen and oxygen atoms in total. The van der Waals surface area contributed by atoms with Crippen LogP contribution in [0.25, 0.3) is 11.1 Å². The van der Waals surface area contributed by atoms with Crippen LogP contribution in [0, 0.1) is 5.92 Å². The van der Waals surface area contributed by atoms with E-state index in [4.69, 9.17) is 14.6 Å². The number of carbonyl (C=O) groups is 2. The fourth-order valence-electron chi connectivity index (χ4n) is 5.80. The molecule has 2 aliphatic heterocycles. The topological polar surface area (TPSA) is 129 Å². The Hall–Kier alpha value is -3.60. The molecule has 0 unspecified atom stereocenters. The summed E-state index contributed by atoms with van der Waals surface area (Å²) in [4.78, 5) is 25.0. The minimum atomic E-state index is -0.996. The summed E-state index contributed by atoms with van der Waals surface area (Å²) >= 11 is 0. The van der Waals surface area contributed by atoms with Crippen LogP contribution in [0.5, 0.6) is 0 Å². The lowest BCUT2D eigenvalue weighted by Gasteiger charge is -2.42. The summed E-state index contributed by atoms with van der Waals surface area (Å²) in [6.07, 6.45) is -0.739. The highest BCUT2D eigenvalue weighted by atomic mass is 16.7. The minimum Gasteiger partial charge on any atom is -0.481 e. The first-order valence-electron chi connectivity index (χ1n) is 14.9. The van der Waals surface area contributed by atoms with E-state index in [-0.39, 0.29) is 49.6 Å². The van der Waals surface area contributed by atoms with Crippen LogP contribution < -0.4 is 5.32 Å². The standard InChI is InChI=1S/C34H40N2O7/c1-22-30(20-36-15-14-29(38)19-36)42-34(43-33(22)25-10-8-23(21-37)9-11-25)28-7-3-6-27(17-28)26-5-2-4-24(16-26)18-35-31(39)12-13-32(40)41/h2-11,16-17,22,29-30,33-34,37-38H,12-15,18-21H2,1H3,(H,35,39)(H,40,41)/t22-,29-,30+,33+,34+/m0/s1. The van der Waals surface area contributed by atoms with Crippen LogP contribution >= 0.6 is 0 Å². The van der Waals surface area contributed by atoms with Crippen LogP contribution in [-0.4, -0.2) is 63.9 Å². The molecule has 1 amide bonds. The molecule has 0 aromatic heterocycles. The van der Waals surface area contributed by atoms with Crippen molar-refractivity contribution in [2.45, 2.75) is 63.9 Å². The smallest absolute Gasteiger partial charge is 0.303 e. The van der Waals surface area contributed by atoms with Crippen LogP contribution in [0.15, 0.2) is 72.8 Å². The molecule has 2 fully saturated rings. The van der Waals surface area contributed by atoms with Crippen LogP contribution in [0.1, 0.15) is 60.8 Å². The largest absolute Gasteiger partial charge is 0.481 e. The normalized spacial score (nSPS) is 24.1. The lowest BCUT2D eigenvalue weighted by atomic mass is 9.90. The lowest BCUT2D eigenvalue weighted by Crippen LogP contribution is -2.44. The zero-order valence-corrected chi connectivity index (χ0v) is 24.4. The van der Waals surface area contributed by atoms with Crippen molar-refractivity contribution in [1.82, 2.24) is 10.2 Å². The number of hydrogen-bond donors (Lipinski definition) is 4. The van der Waals surface area contributed by atoms with Gasteiger partial charge in [0.1, 0.15) is 0 Å². The summed E-state index contributed by atoms with van der Waals surface area (Å²) in [5, 5.41) is 31.2. The Morgan fingerprint density at radius 2 is 1.67 bits per heavy atom. The zero-order chi connectivity index (χ0) is 30.3. The first-order chi connectivity index (χ1) is 20.8. The number of nitrogens with zero attached hydrogens (tertiary/aromatic N) is 1. The Labute approximate surface area is 252 Å². The maximum absolute atomic E-state index is 12.0. The Kier molecular flexibility index (Phi) is 10.2. The van der Waals surface area contributed by atoms with Gasteiger partial charge in [-0.25, -0.2) is 0 Å². The molecule has 0 bridgehead atoms. The quantitative estimate of drug-likeness (QED) is 0.263. The number of amides is 1. The van der Waals surface area contributed by atoms with Gasteiger partial charge in [0.2, 0.25) is 5.91 Å². The Morgan fingerprint density at radius 3 is 2.37 bits per heavy atom. The number of aliphatic carboxylic acids is 1. The van der Waals surface area contributed by atoms with E-state index in [2.05, 4.69) is 23.2 Å². The summed E-state index contributed by atoms with van der Waals surface area (Å²) < 4.78 is 13.3. The zero-order valence-electron chi connectivity index (χ0n) is 24.4. The van der Waals surface area contributed by atoms with E-state index in [1.165, 1.54) is 0 Å². The number of hydrogen-bond acceptors (Lipinski definition) is 7. The minimum absolute atomic E-state index is 0.0158. The molecule has 2 saturated heterocycles. The number of carboxylic acid groups (broad SMARTS) is 1. The fraction of sp³-hybridized carbons (Fsp3) is 0.412. The molecule has 5 atom stereocenters. The number of aliphatic hydroxyl groups excluding tert-OH is 2. The number of nitrogens with one attached hydrogen (secondary N) is 1. The van der Waals surface area contributed by atoms with Crippen molar-refractivity contribution in [2.75, 3.05) is 19.6 Å². The first-order valence-corrected chi connectivity index (χ1v) is 14.9. The number of likely N-dealkylation sites (tertiary alicyclic amines) is 1. The van der Waals surface area contributed by atoms with Crippen molar-refractivity contribution in [3.05, 3.63) is 95.1 Å². The average Bonchev–Trinajstić information content (AvgIpc) is 3.44. The monoisotopic (exact) mass is 588 g/mol. The molecule has 9 heteroatoms. The van der Waals surface area contributed by atoms with Gasteiger partial charge in [-0.2, -0.15) is 0 Å². The maximum atomic E-state index is 12.0. The molecule has 43 heavy (non-hydrogen) atoms. The van der Waals surface area contributed by atoms with Crippen molar-refractivity contribution >= 4 is 11.9 Å². The number of carbonyl (C=O) groups excluding carboxylic acids is 1. The molecule has 228 valence electrons. The van der Waals surface area contributed by atoms with Crippen molar-refractivity contribution in [3.8, 4) is 11.1 Å². The van der Waals surface area contributed by atoms with Gasteiger partial charge >= 0.3 is 5.97 Å². The van der Waals surface area contributed by atoms with Crippen molar-refractivity contribution < 1.29 is 34.4 Å². The molecule has 5 rings (SSSR count). The second kappa shape index (κ2) is 14.2. The summed E-state index contributed by atoms with van der Waals surface area (Å²) in [5.74, 6) is -1.24. The molecule has 2 aliphatic rings. The molecule has 4 N–H and O–H groups in total. The molecule has 2 heterocycles. The predicted octanol–water partition coefficient (Wildman–Crippen LogP) is 4.18. The van der Waals surface area contributed by atoms with Gasteiger partial charge in [0, 0.05) is 44.1 Å². The Morgan fingerprint density at radius 1 is 0.930 bits per heavy atom. The SMILES string of the molecule is C[C@H]1[C@@H](CN2CC[C@H](O)C2)O[C@@H](c2cccc(-c3cccc(CNC(=O)CCC(=O)O)c3)c2)O[C@H]1c1ccc(CO)cc1. The van der Waals surface area contributed by atoms with Gasteiger partial charge in [0.05, 0.1) is 31.3 Å². The molecule has 3 aromatic rings. The van der Waals surface area contributed by atoms with Gasteiger partial charge in [-0.05, 0) is 46.4 Å². The molecule has 0 spiro atoms. The van der Waals surface area contributed by atoms with Gasteiger partial charge in [-0.15, -0.1) is 0 Å². The van der Waals surface area contributed by atoms with Crippen molar-refractivity contribution in [3.63, 3.8) is 0 Å². The highest BCUT2D eigenvalue weighted by Gasteiger charge is 2.40. The predicted molar refractivity (Wildman–Crippen MR) is 161 cm³/mol. The summed E-state index contributed by atoms with van der Waals surface area (Å²) in [7, 11) is 0. The molecular formula is C34H40N2O7. The van der Waals surface area contributed by atoms with Crippen LogP contribution in [-0.2, 0) is 32.2 Å². The number of carboxylic acids is 1. The lowest BCUT2D eigenvalue weighted by molar-refractivity contribution is -0.276. The summed E-state index contributed by atoms with van der Waals surface area (Å²) in [6, 6.07) is 23.8. The van der Waals surface area contributed by atoms with Gasteiger partial charge in [-0.1, -0.05) is 67.6 Å². The highest BCUT2D eigenvalue weighted by molar-refractivity contribution is 5.80. The average molecular weight is 589 g/mol. The molecule has 0 saturated carbocycles. The number of ether oxygens (including phenoxy) is 2. The highest BCUT2D eigenvalue weighted by Crippen LogP contribution is 2.42. The summed E-state index contributed by atoms with van der Waals surface area (Å²) in [6.45, 7) is 4.60. The van der Waals surface area contributed by atoms with Gasteiger partial charge in [0.25, 0.3) is 0 Å². The van der Waals surface area contributed by atoms with Crippen molar-refractivity contribution in [2.24, 2.45) is 5.92 Å². The van der Waals surface area contributed by atoms with E-state index in [0.717, 1.165) is 46.3 Å². The molecular weight excluding hydrogens is 548 g/mol. The van der Waals surface area contributed by atoms with E-state index in [9.17, 15) is 19.8 Å². The molecule has 3 aromatic carbocycles. The number of aliphatic hydroxyl groups is 2. The number of benzene rings is 3. The maximum Gasteiger partial charge on any atom is 0.303 e. The van der Waals surface area contributed by atoms with E-state index >= 15 is 0 Å². The van der Waals surface area contributed by atoms with Crippen LogP contribution in [0.4, 0.5) is 0 Å². The fourth-order valence-corrected chi connectivity index (χ4v) is 5.80. The van der Waals surface area contributed by atoms with E-state index in [1.807, 2.05) is 66.7 Å². The first kappa shape index (κ1) is 30.8. The van der Waals surface area contributed by atoms with E-state index < -0.39 is 12.3 Å². The van der Waals surface area contributed by atoms with Crippen molar-refractivity contribution in [1.29, 1.82) is 0 Å². The molecule has 0 aliphatic carbocycles. The third-order valence-electron chi connectivity index (χ3n) is 8.28. The summed E-state index contributed by atoms with van der Waals surface area (Å²) in [5.41, 5.74) is 5.62. The number of β-amino-alcohol motifs (C(OH)–C–C–N with tert-alkyl or cyclic N) is 1. The third kappa shape index (κ3) is 8.07. The second-order valence-corrected chi connectivity index (χ2v) is 11.5. The van der Waals surface area contributed by atoms with Gasteiger partial charge in [0.15, 0.2) is 6.29 Å².